The lowest BCUT2D eigenvalue weighted by molar-refractivity contribution is -0.123. The molecule has 2 heterocycles. The number of benzene rings is 3. The van der Waals surface area contributed by atoms with Crippen LogP contribution in [0.25, 0.3) is 0 Å². The average Bonchev–Trinajstić information content (AvgIpc) is 3.33. The lowest BCUT2D eigenvalue weighted by atomic mass is 9.93. The van der Waals surface area contributed by atoms with Gasteiger partial charge in [-0.25, -0.2) is 4.79 Å². The average molecular weight is 580 g/mol. The molecule has 9 heteroatoms. The molecule has 1 saturated heterocycles. The number of nitrogens with one attached hydrogen (secondary N) is 1. The van der Waals surface area contributed by atoms with E-state index in [1.165, 1.54) is 0 Å². The Kier molecular flexibility index (Phi) is 8.33. The Hall–Kier alpha value is -3.55. The maximum absolute atomic E-state index is 14.4. The third-order valence-electron chi connectivity index (χ3n) is 7.06. The summed E-state index contributed by atoms with van der Waals surface area (Å²) in [5.74, 6) is 0.966. The summed E-state index contributed by atoms with van der Waals surface area (Å²) in [5.41, 5.74) is 3.61. The first kappa shape index (κ1) is 28.0. The highest BCUT2D eigenvalue weighted by Crippen LogP contribution is 2.45. The fourth-order valence-electron chi connectivity index (χ4n) is 5.13. The number of aliphatic imine (C=N–C) groups is 1. The van der Waals surface area contributed by atoms with E-state index in [4.69, 9.17) is 32.9 Å². The first-order valence-corrected chi connectivity index (χ1v) is 14.2. The van der Waals surface area contributed by atoms with Crippen molar-refractivity contribution in [1.82, 2.24) is 15.1 Å². The zero-order chi connectivity index (χ0) is 28.4. The number of amidine groups is 1. The summed E-state index contributed by atoms with van der Waals surface area (Å²) < 4.78 is 6.27. The van der Waals surface area contributed by atoms with Crippen LogP contribution in [-0.4, -0.2) is 53.3 Å². The minimum absolute atomic E-state index is 0.0221. The Labute approximate surface area is 244 Å². The number of rotatable bonds is 6. The first-order chi connectivity index (χ1) is 19.2. The molecule has 0 radical (unpaired) electrons. The molecule has 3 aromatic carbocycles. The van der Waals surface area contributed by atoms with Gasteiger partial charge in [-0.1, -0.05) is 60.5 Å². The molecule has 208 valence electrons. The van der Waals surface area contributed by atoms with Crippen LogP contribution in [0.1, 0.15) is 55.1 Å². The molecule has 1 fully saturated rings. The summed E-state index contributed by atoms with van der Waals surface area (Å²) in [5, 5.41) is 4.02. The van der Waals surface area contributed by atoms with Crippen LogP contribution in [-0.2, 0) is 11.2 Å². The van der Waals surface area contributed by atoms with E-state index in [-0.39, 0.29) is 24.6 Å². The van der Waals surface area contributed by atoms with E-state index in [1.54, 1.807) is 9.80 Å². The Bertz CT molecular complexity index is 1420. The minimum Gasteiger partial charge on any atom is -0.490 e. The van der Waals surface area contributed by atoms with Gasteiger partial charge in [0.2, 0.25) is 5.91 Å². The highest BCUT2D eigenvalue weighted by atomic mass is 35.5. The number of nitrogens with zero attached hydrogens (tertiary/aromatic N) is 3. The van der Waals surface area contributed by atoms with Crippen molar-refractivity contribution in [2.24, 2.45) is 4.99 Å². The standard InChI is InChI=1S/C31H32Cl2N4O3/c1-4-20-5-14-25(26(17-20)40-19(2)3)30-35-28(21-6-10-23(32)11-7-21)29(22-8-12-24(33)13-9-22)37(30)31(39)36-16-15-34-27(38)18-36/h5-14,17,19,28-29H,4,15-16,18H2,1-3H3,(H,34,38). The van der Waals surface area contributed by atoms with E-state index in [0.29, 0.717) is 34.7 Å². The third kappa shape index (κ3) is 5.81. The van der Waals surface area contributed by atoms with E-state index >= 15 is 0 Å². The largest absolute Gasteiger partial charge is 0.490 e. The molecule has 0 saturated carbocycles. The number of carbonyl (C=O) groups excluding carboxylic acids is 2. The van der Waals surface area contributed by atoms with E-state index in [1.807, 2.05) is 80.6 Å². The number of carbonyl (C=O) groups is 2. The number of hydrogen-bond donors (Lipinski definition) is 1. The normalized spacial score (nSPS) is 19.1. The number of urea groups is 1. The number of piperazine rings is 1. The Morgan fingerprint density at radius 1 is 1.02 bits per heavy atom. The molecule has 0 bridgehead atoms. The molecule has 2 atom stereocenters. The summed E-state index contributed by atoms with van der Waals surface area (Å²) in [4.78, 5) is 35.2. The van der Waals surface area contributed by atoms with Crippen LogP contribution in [0.2, 0.25) is 10.0 Å². The van der Waals surface area contributed by atoms with E-state index in [0.717, 1.165) is 28.7 Å². The molecular weight excluding hydrogens is 547 g/mol. The second-order valence-electron chi connectivity index (χ2n) is 10.2. The van der Waals surface area contributed by atoms with E-state index < -0.39 is 12.1 Å². The summed E-state index contributed by atoms with van der Waals surface area (Å²) in [7, 11) is 0. The van der Waals surface area contributed by atoms with Crippen LogP contribution in [0.15, 0.2) is 71.7 Å². The molecule has 0 aliphatic carbocycles. The molecule has 2 aliphatic rings. The highest BCUT2D eigenvalue weighted by Gasteiger charge is 2.45. The summed E-state index contributed by atoms with van der Waals surface area (Å²) in [6.45, 7) is 6.81. The minimum atomic E-state index is -0.497. The van der Waals surface area contributed by atoms with Crippen LogP contribution < -0.4 is 10.1 Å². The molecule has 1 N–H and O–H groups in total. The molecule has 3 amide bonds. The Morgan fingerprint density at radius 2 is 1.68 bits per heavy atom. The van der Waals surface area contributed by atoms with Crippen LogP contribution in [0.4, 0.5) is 4.79 Å². The van der Waals surface area contributed by atoms with Gasteiger partial charge in [0.1, 0.15) is 24.2 Å². The molecule has 7 nitrogen and oxygen atoms in total. The predicted molar refractivity (Wildman–Crippen MR) is 158 cm³/mol. The Morgan fingerprint density at radius 3 is 2.27 bits per heavy atom. The van der Waals surface area contributed by atoms with Gasteiger partial charge >= 0.3 is 6.03 Å². The summed E-state index contributed by atoms with van der Waals surface area (Å²) in [6, 6.07) is 19.8. The maximum atomic E-state index is 14.4. The molecule has 0 spiro atoms. The van der Waals surface area contributed by atoms with Gasteiger partial charge in [0, 0.05) is 23.1 Å². The van der Waals surface area contributed by atoms with Crippen LogP contribution in [0.3, 0.4) is 0 Å². The van der Waals surface area contributed by atoms with Crippen molar-refractivity contribution in [3.05, 3.63) is 99.0 Å². The van der Waals surface area contributed by atoms with Crippen molar-refractivity contribution in [3.63, 3.8) is 0 Å². The fraction of sp³-hybridized carbons (Fsp3) is 0.323. The topological polar surface area (TPSA) is 74.2 Å². The third-order valence-corrected chi connectivity index (χ3v) is 7.57. The quantitative estimate of drug-likeness (QED) is 0.365. The van der Waals surface area contributed by atoms with Crippen molar-refractivity contribution in [2.45, 2.75) is 45.4 Å². The smallest absolute Gasteiger partial charge is 0.326 e. The zero-order valence-corrected chi connectivity index (χ0v) is 24.2. The summed E-state index contributed by atoms with van der Waals surface area (Å²) in [6.07, 6.45) is 0.759. The van der Waals surface area contributed by atoms with Gasteiger partial charge in [-0.15, -0.1) is 0 Å². The molecule has 40 heavy (non-hydrogen) atoms. The fourth-order valence-corrected chi connectivity index (χ4v) is 5.38. The molecule has 2 aliphatic heterocycles. The number of hydrogen-bond acceptors (Lipinski definition) is 4. The van der Waals surface area contributed by atoms with Gasteiger partial charge in [-0.3, -0.25) is 14.7 Å². The van der Waals surface area contributed by atoms with Gasteiger partial charge in [-0.2, -0.15) is 0 Å². The van der Waals surface area contributed by atoms with E-state index in [9.17, 15) is 9.59 Å². The molecule has 3 aromatic rings. The van der Waals surface area contributed by atoms with Crippen LogP contribution in [0, 0.1) is 0 Å². The molecule has 5 rings (SSSR count). The molecule has 0 aromatic heterocycles. The lowest BCUT2D eigenvalue weighted by Gasteiger charge is -2.36. The van der Waals surface area contributed by atoms with Gasteiger partial charge < -0.3 is 15.0 Å². The highest BCUT2D eigenvalue weighted by molar-refractivity contribution is 6.30. The van der Waals surface area contributed by atoms with Crippen molar-refractivity contribution in [1.29, 1.82) is 0 Å². The van der Waals surface area contributed by atoms with Gasteiger partial charge in [0.15, 0.2) is 0 Å². The van der Waals surface area contributed by atoms with Crippen molar-refractivity contribution in [2.75, 3.05) is 19.6 Å². The number of aryl methyl sites for hydroxylation is 1. The van der Waals surface area contributed by atoms with Crippen molar-refractivity contribution in [3.8, 4) is 5.75 Å². The maximum Gasteiger partial charge on any atom is 0.326 e. The molecule has 2 unspecified atom stereocenters. The van der Waals surface area contributed by atoms with Crippen LogP contribution in [0.5, 0.6) is 5.75 Å². The monoisotopic (exact) mass is 578 g/mol. The van der Waals surface area contributed by atoms with Gasteiger partial charge in [-0.05, 0) is 73.4 Å². The summed E-state index contributed by atoms with van der Waals surface area (Å²) >= 11 is 12.5. The number of halogens is 2. The van der Waals surface area contributed by atoms with Gasteiger partial charge in [0.05, 0.1) is 17.7 Å². The number of amides is 3. The second kappa shape index (κ2) is 11.9. The SMILES string of the molecule is CCc1ccc(C2=NC(c3ccc(Cl)cc3)C(c3ccc(Cl)cc3)N2C(=O)N2CCNC(=O)C2)c(OC(C)C)c1. The second-order valence-corrected chi connectivity index (χ2v) is 11.1. The first-order valence-electron chi connectivity index (χ1n) is 13.5. The zero-order valence-electron chi connectivity index (χ0n) is 22.7. The van der Waals surface area contributed by atoms with E-state index in [2.05, 4.69) is 12.2 Å². The molecular formula is C31H32Cl2N4O3. The van der Waals surface area contributed by atoms with Gasteiger partial charge in [0.25, 0.3) is 0 Å². The van der Waals surface area contributed by atoms with Crippen molar-refractivity contribution < 1.29 is 14.3 Å². The lowest BCUT2D eigenvalue weighted by Crippen LogP contribution is -2.55. The van der Waals surface area contributed by atoms with Crippen LogP contribution >= 0.6 is 23.2 Å². The predicted octanol–water partition coefficient (Wildman–Crippen LogP) is 6.44. The number of ether oxygens (including phenoxy) is 1. The van der Waals surface area contributed by atoms with Crippen molar-refractivity contribution >= 4 is 41.0 Å². The Balaban J connectivity index is 1.71.